The van der Waals surface area contributed by atoms with Gasteiger partial charge in [-0.05, 0) is 54.0 Å². The normalized spacial score (nSPS) is 15.5. The van der Waals surface area contributed by atoms with Gasteiger partial charge in [-0.2, -0.15) is 0 Å². The summed E-state index contributed by atoms with van der Waals surface area (Å²) in [5.41, 5.74) is 2.81. The number of nitrogens with zero attached hydrogens (tertiary/aromatic N) is 2. The first-order valence-electron chi connectivity index (χ1n) is 11.2. The Labute approximate surface area is 205 Å². The molecule has 0 spiro atoms. The van der Waals surface area contributed by atoms with Gasteiger partial charge in [-0.1, -0.05) is 60.7 Å². The number of carbonyl (C=O) groups is 2. The van der Waals surface area contributed by atoms with E-state index in [-0.39, 0.29) is 18.2 Å². The van der Waals surface area contributed by atoms with Crippen LogP contribution < -0.4 is 10.1 Å². The van der Waals surface area contributed by atoms with Crippen LogP contribution in [0.2, 0.25) is 0 Å². The highest BCUT2D eigenvalue weighted by atomic mass is 32.1. The van der Waals surface area contributed by atoms with E-state index >= 15 is 0 Å². The van der Waals surface area contributed by atoms with Gasteiger partial charge in [0, 0.05) is 18.8 Å². The molecule has 1 fully saturated rings. The topological polar surface area (TPSA) is 61.9 Å². The number of methoxy groups -OCH3 is 1. The summed E-state index contributed by atoms with van der Waals surface area (Å²) in [6.07, 6.45) is 0.706. The molecule has 1 aliphatic heterocycles. The smallest absolute Gasteiger partial charge is 0.252 e. The molecular formula is C27H27N3O3S. The second kappa shape index (κ2) is 10.9. The van der Waals surface area contributed by atoms with E-state index in [0.29, 0.717) is 30.3 Å². The molecule has 3 aromatic carbocycles. The quantitative estimate of drug-likeness (QED) is 0.471. The van der Waals surface area contributed by atoms with Gasteiger partial charge in [0.25, 0.3) is 5.91 Å². The summed E-state index contributed by atoms with van der Waals surface area (Å²) >= 11 is 5.74. The average Bonchev–Trinajstić information content (AvgIpc) is 3.08. The van der Waals surface area contributed by atoms with Gasteiger partial charge in [-0.25, -0.2) is 0 Å². The van der Waals surface area contributed by atoms with Gasteiger partial charge in [0.2, 0.25) is 5.91 Å². The van der Waals surface area contributed by atoms with Crippen LogP contribution in [0.4, 0.5) is 5.69 Å². The molecule has 1 N–H and O–H groups in total. The Morgan fingerprint density at radius 1 is 0.941 bits per heavy atom. The lowest BCUT2D eigenvalue weighted by atomic mass is 10.1. The van der Waals surface area contributed by atoms with E-state index in [1.807, 2.05) is 89.8 Å². The largest absolute Gasteiger partial charge is 0.497 e. The van der Waals surface area contributed by atoms with Crippen molar-refractivity contribution in [1.82, 2.24) is 9.80 Å². The van der Waals surface area contributed by atoms with Crippen molar-refractivity contribution in [2.75, 3.05) is 19.0 Å². The van der Waals surface area contributed by atoms with E-state index in [9.17, 15) is 9.59 Å². The summed E-state index contributed by atoms with van der Waals surface area (Å²) < 4.78 is 5.24. The number of rotatable bonds is 9. The molecule has 1 saturated heterocycles. The summed E-state index contributed by atoms with van der Waals surface area (Å²) in [5.74, 6) is 0.391. The molecule has 2 amide bonds. The number of anilines is 1. The first-order valence-corrected chi connectivity index (χ1v) is 11.6. The fraction of sp³-hybridized carbons (Fsp3) is 0.222. The zero-order chi connectivity index (χ0) is 23.9. The van der Waals surface area contributed by atoms with Gasteiger partial charge < -0.3 is 15.0 Å². The lowest BCUT2D eigenvalue weighted by Crippen LogP contribution is -2.37. The number of para-hydroxylation sites is 1. The van der Waals surface area contributed by atoms with Gasteiger partial charge >= 0.3 is 0 Å². The van der Waals surface area contributed by atoms with Gasteiger partial charge in [0.15, 0.2) is 5.11 Å². The van der Waals surface area contributed by atoms with Crippen LogP contribution in [-0.2, 0) is 22.6 Å². The number of hydrogen-bond acceptors (Lipinski definition) is 4. The summed E-state index contributed by atoms with van der Waals surface area (Å²) in [6.45, 7) is 0.900. The number of ether oxygens (including phenoxy) is 1. The van der Waals surface area contributed by atoms with Crippen LogP contribution in [0.3, 0.4) is 0 Å². The Bertz CT molecular complexity index is 1140. The molecule has 0 saturated carbocycles. The Balaban J connectivity index is 1.51. The Morgan fingerprint density at radius 3 is 2.24 bits per heavy atom. The highest BCUT2D eigenvalue weighted by molar-refractivity contribution is 7.80. The zero-order valence-corrected chi connectivity index (χ0v) is 19.8. The highest BCUT2D eigenvalue weighted by Crippen LogP contribution is 2.25. The van der Waals surface area contributed by atoms with E-state index in [1.165, 1.54) is 0 Å². The molecule has 1 aliphatic rings. The van der Waals surface area contributed by atoms with Crippen LogP contribution in [0.5, 0.6) is 5.75 Å². The molecule has 1 heterocycles. The molecule has 34 heavy (non-hydrogen) atoms. The lowest BCUT2D eigenvalue weighted by molar-refractivity contribution is -0.130. The predicted octanol–water partition coefficient (Wildman–Crippen LogP) is 4.26. The predicted molar refractivity (Wildman–Crippen MR) is 136 cm³/mol. The Morgan fingerprint density at radius 2 is 1.59 bits per heavy atom. The van der Waals surface area contributed by atoms with Gasteiger partial charge in [0.1, 0.15) is 11.8 Å². The SMILES string of the molecule is COc1ccc(CN2C(=S)N(CCc3ccccc3)C(=O)[C@@H]2CC(=O)Nc2ccccc2)cc1. The zero-order valence-electron chi connectivity index (χ0n) is 19.0. The van der Waals surface area contributed by atoms with E-state index in [0.717, 1.165) is 16.9 Å². The average molecular weight is 474 g/mol. The molecule has 7 heteroatoms. The van der Waals surface area contributed by atoms with Crippen molar-refractivity contribution in [3.05, 3.63) is 96.1 Å². The number of nitrogens with one attached hydrogen (secondary N) is 1. The molecule has 3 aromatic rings. The van der Waals surface area contributed by atoms with E-state index in [2.05, 4.69) is 5.32 Å². The standard InChI is InChI=1S/C27H27N3O3S/c1-33-23-14-12-21(13-15-23)19-30-24(18-25(31)28-22-10-6-3-7-11-22)26(32)29(27(30)34)17-16-20-8-4-2-5-9-20/h2-15,24H,16-19H2,1H3,(H,28,31)/t24-/m0/s1. The maximum Gasteiger partial charge on any atom is 0.252 e. The van der Waals surface area contributed by atoms with Gasteiger partial charge in [-0.3, -0.25) is 14.5 Å². The van der Waals surface area contributed by atoms with E-state index in [4.69, 9.17) is 17.0 Å². The second-order valence-electron chi connectivity index (χ2n) is 8.12. The van der Waals surface area contributed by atoms with Crippen molar-refractivity contribution in [3.8, 4) is 5.75 Å². The molecule has 0 aromatic heterocycles. The van der Waals surface area contributed by atoms with Gasteiger partial charge in [0.05, 0.1) is 13.5 Å². The summed E-state index contributed by atoms with van der Waals surface area (Å²) in [6, 6.07) is 26.2. The molecule has 0 unspecified atom stereocenters. The summed E-state index contributed by atoms with van der Waals surface area (Å²) in [7, 11) is 1.62. The Kier molecular flexibility index (Phi) is 7.54. The molecule has 6 nitrogen and oxygen atoms in total. The lowest BCUT2D eigenvalue weighted by Gasteiger charge is -2.24. The van der Waals surface area contributed by atoms with Crippen LogP contribution in [0.15, 0.2) is 84.9 Å². The monoisotopic (exact) mass is 473 g/mol. The van der Waals surface area contributed by atoms with Crippen LogP contribution in [0, 0.1) is 0 Å². The van der Waals surface area contributed by atoms with E-state index < -0.39 is 6.04 Å². The first-order chi connectivity index (χ1) is 16.5. The minimum atomic E-state index is -0.658. The van der Waals surface area contributed by atoms with Crippen LogP contribution >= 0.6 is 12.2 Å². The molecule has 1 atom stereocenters. The van der Waals surface area contributed by atoms with Gasteiger partial charge in [-0.15, -0.1) is 0 Å². The minimum Gasteiger partial charge on any atom is -0.497 e. The maximum absolute atomic E-state index is 13.4. The van der Waals surface area contributed by atoms with Crippen LogP contribution in [0.1, 0.15) is 17.5 Å². The fourth-order valence-electron chi connectivity index (χ4n) is 4.00. The number of benzene rings is 3. The maximum atomic E-state index is 13.4. The number of thiocarbonyl (C=S) groups is 1. The Hall–Kier alpha value is -3.71. The first kappa shape index (κ1) is 23.4. The molecular weight excluding hydrogens is 446 g/mol. The molecule has 0 bridgehead atoms. The van der Waals surface area contributed by atoms with Crippen molar-refractivity contribution in [2.45, 2.75) is 25.4 Å². The third-order valence-electron chi connectivity index (χ3n) is 5.82. The third kappa shape index (κ3) is 5.61. The minimum absolute atomic E-state index is 0.0197. The van der Waals surface area contributed by atoms with Crippen molar-refractivity contribution in [3.63, 3.8) is 0 Å². The fourth-order valence-corrected chi connectivity index (χ4v) is 4.37. The molecule has 174 valence electrons. The summed E-state index contributed by atoms with van der Waals surface area (Å²) in [5, 5.41) is 3.33. The van der Waals surface area contributed by atoms with E-state index in [1.54, 1.807) is 12.0 Å². The van der Waals surface area contributed by atoms with Crippen molar-refractivity contribution < 1.29 is 14.3 Å². The number of amides is 2. The van der Waals surface area contributed by atoms with Crippen LogP contribution in [-0.4, -0.2) is 46.4 Å². The second-order valence-corrected chi connectivity index (χ2v) is 8.48. The summed E-state index contributed by atoms with van der Waals surface area (Å²) in [4.78, 5) is 29.7. The number of hydrogen-bond donors (Lipinski definition) is 1. The molecule has 0 radical (unpaired) electrons. The highest BCUT2D eigenvalue weighted by Gasteiger charge is 2.43. The van der Waals surface area contributed by atoms with Crippen molar-refractivity contribution in [1.29, 1.82) is 0 Å². The number of carbonyl (C=O) groups excluding carboxylic acids is 2. The van der Waals surface area contributed by atoms with Crippen LogP contribution in [0.25, 0.3) is 0 Å². The molecule has 4 rings (SSSR count). The third-order valence-corrected chi connectivity index (χ3v) is 6.27. The molecule has 0 aliphatic carbocycles. The van der Waals surface area contributed by atoms with Crippen molar-refractivity contribution in [2.24, 2.45) is 0 Å². The van der Waals surface area contributed by atoms with Crippen molar-refractivity contribution >= 4 is 34.8 Å².